The van der Waals surface area contributed by atoms with E-state index >= 15 is 0 Å². The summed E-state index contributed by atoms with van der Waals surface area (Å²) in [6.45, 7) is 7.80. The predicted molar refractivity (Wildman–Crippen MR) is 115 cm³/mol. The molecular formula is C19H29Cl2N3O4. The molecule has 1 aromatic heterocycles. The third-order valence-electron chi connectivity index (χ3n) is 4.10. The highest BCUT2D eigenvalue weighted by atomic mass is 35.5. The summed E-state index contributed by atoms with van der Waals surface area (Å²) in [4.78, 5) is 14.6. The average molecular weight is 434 g/mol. The Morgan fingerprint density at radius 1 is 1.18 bits per heavy atom. The van der Waals surface area contributed by atoms with Crippen molar-refractivity contribution >= 4 is 36.4 Å². The van der Waals surface area contributed by atoms with E-state index in [0.717, 1.165) is 19.6 Å². The molecule has 0 spiro atoms. The molecule has 0 saturated heterocycles. The molecule has 0 aliphatic rings. The zero-order valence-electron chi connectivity index (χ0n) is 16.4. The first-order chi connectivity index (χ1) is 12.6. The number of methoxy groups -OCH3 is 1. The second kappa shape index (κ2) is 13.3. The van der Waals surface area contributed by atoms with E-state index in [9.17, 15) is 4.79 Å². The largest absolute Gasteiger partial charge is 0.493 e. The lowest BCUT2D eigenvalue weighted by Crippen LogP contribution is -2.28. The van der Waals surface area contributed by atoms with Gasteiger partial charge in [-0.25, -0.2) is 0 Å². The van der Waals surface area contributed by atoms with Crippen molar-refractivity contribution in [2.45, 2.75) is 20.4 Å². The number of hydrogen-bond donors (Lipinski definition) is 2. The van der Waals surface area contributed by atoms with Crippen LogP contribution >= 0.6 is 24.8 Å². The van der Waals surface area contributed by atoms with Gasteiger partial charge in [-0.15, -0.1) is 24.8 Å². The van der Waals surface area contributed by atoms with Crippen LogP contribution in [-0.4, -0.2) is 44.2 Å². The summed E-state index contributed by atoms with van der Waals surface area (Å²) < 4.78 is 16.4. The highest BCUT2D eigenvalue weighted by molar-refractivity contribution is 6.04. The van der Waals surface area contributed by atoms with Crippen LogP contribution in [-0.2, 0) is 6.54 Å². The van der Waals surface area contributed by atoms with Gasteiger partial charge in [-0.05, 0) is 31.3 Å². The third kappa shape index (κ3) is 7.24. The van der Waals surface area contributed by atoms with Crippen LogP contribution in [0.1, 0.15) is 30.0 Å². The van der Waals surface area contributed by atoms with Crippen LogP contribution in [0.2, 0.25) is 0 Å². The van der Waals surface area contributed by atoms with Gasteiger partial charge in [-0.2, -0.15) is 0 Å². The first kappa shape index (κ1) is 26.1. The second-order valence-corrected chi connectivity index (χ2v) is 5.70. The fourth-order valence-electron chi connectivity index (χ4n) is 2.50. The number of ether oxygens (including phenoxy) is 2. The molecule has 0 unspecified atom stereocenters. The Morgan fingerprint density at radius 2 is 1.89 bits per heavy atom. The number of anilines is 1. The Kier molecular flexibility index (Phi) is 12.4. The van der Waals surface area contributed by atoms with Crippen molar-refractivity contribution in [3.05, 3.63) is 41.9 Å². The minimum absolute atomic E-state index is 0. The van der Waals surface area contributed by atoms with Crippen LogP contribution in [0.15, 0.2) is 34.9 Å². The Morgan fingerprint density at radius 3 is 2.46 bits per heavy atom. The van der Waals surface area contributed by atoms with Crippen molar-refractivity contribution in [2.75, 3.05) is 38.7 Å². The highest BCUT2D eigenvalue weighted by Gasteiger charge is 2.12. The summed E-state index contributed by atoms with van der Waals surface area (Å²) >= 11 is 0. The lowest BCUT2D eigenvalue weighted by atomic mass is 10.2. The maximum absolute atomic E-state index is 12.3. The van der Waals surface area contributed by atoms with Gasteiger partial charge in [0.15, 0.2) is 11.5 Å². The number of likely N-dealkylation sites (N-methyl/N-ethyl adjacent to an activating group) is 1. The van der Waals surface area contributed by atoms with Crippen LogP contribution in [0.5, 0.6) is 11.5 Å². The van der Waals surface area contributed by atoms with Gasteiger partial charge >= 0.3 is 0 Å². The molecule has 0 fully saturated rings. The van der Waals surface area contributed by atoms with E-state index in [1.54, 1.807) is 31.4 Å². The Hall–Kier alpha value is -1.93. The molecule has 0 radical (unpaired) electrons. The molecule has 2 rings (SSSR count). The normalized spacial score (nSPS) is 10.0. The summed E-state index contributed by atoms with van der Waals surface area (Å²) in [6, 6.07) is 6.91. The summed E-state index contributed by atoms with van der Waals surface area (Å²) in [6.07, 6.45) is 1.39. The lowest BCUT2D eigenvalue weighted by molar-refractivity contribution is 0.102. The van der Waals surface area contributed by atoms with E-state index in [0.29, 0.717) is 35.1 Å². The zero-order chi connectivity index (χ0) is 18.9. The number of rotatable bonds is 10. The number of nitrogens with zero attached hydrogens (tertiary/aromatic N) is 1. The highest BCUT2D eigenvalue weighted by Crippen LogP contribution is 2.30. The monoisotopic (exact) mass is 433 g/mol. The minimum Gasteiger partial charge on any atom is -0.493 e. The zero-order valence-corrected chi connectivity index (χ0v) is 18.0. The van der Waals surface area contributed by atoms with E-state index in [2.05, 4.69) is 24.1 Å². The maximum atomic E-state index is 12.3. The van der Waals surface area contributed by atoms with E-state index in [4.69, 9.17) is 19.6 Å². The Labute approximate surface area is 178 Å². The number of carbonyl (C=O) groups excluding carboxylic acids is 1. The quantitative estimate of drug-likeness (QED) is 0.595. The molecule has 1 aromatic carbocycles. The van der Waals surface area contributed by atoms with Crippen molar-refractivity contribution in [1.29, 1.82) is 0 Å². The van der Waals surface area contributed by atoms with Crippen molar-refractivity contribution in [3.63, 3.8) is 0 Å². The van der Waals surface area contributed by atoms with Gasteiger partial charge in [-0.1, -0.05) is 13.8 Å². The van der Waals surface area contributed by atoms with E-state index in [1.807, 2.05) is 0 Å². The van der Waals surface area contributed by atoms with Gasteiger partial charge < -0.3 is 29.8 Å². The van der Waals surface area contributed by atoms with Crippen molar-refractivity contribution in [2.24, 2.45) is 5.73 Å². The number of hydrogen-bond acceptors (Lipinski definition) is 6. The van der Waals surface area contributed by atoms with Crippen molar-refractivity contribution in [3.8, 4) is 11.5 Å². The van der Waals surface area contributed by atoms with Gasteiger partial charge in [-0.3, -0.25) is 4.79 Å². The SMILES string of the molecule is CCN(CC)CCOc1cc(NC(=O)c2coc(CN)c2)ccc1OC.Cl.Cl. The molecule has 7 nitrogen and oxygen atoms in total. The fourth-order valence-corrected chi connectivity index (χ4v) is 2.50. The summed E-state index contributed by atoms with van der Waals surface area (Å²) in [7, 11) is 1.59. The molecule has 0 saturated carbocycles. The number of nitrogens with one attached hydrogen (secondary N) is 1. The molecule has 28 heavy (non-hydrogen) atoms. The van der Waals surface area contributed by atoms with Gasteiger partial charge in [0.1, 0.15) is 18.6 Å². The van der Waals surface area contributed by atoms with Gasteiger partial charge in [0.05, 0.1) is 19.2 Å². The number of benzene rings is 1. The summed E-state index contributed by atoms with van der Waals surface area (Å²) in [5.41, 5.74) is 6.53. The Balaban J connectivity index is 0.00000364. The predicted octanol–water partition coefficient (Wildman–Crippen LogP) is 3.56. The first-order valence-electron chi connectivity index (χ1n) is 8.73. The van der Waals surface area contributed by atoms with Crippen LogP contribution in [0.4, 0.5) is 5.69 Å². The topological polar surface area (TPSA) is 90.0 Å². The van der Waals surface area contributed by atoms with Crippen LogP contribution < -0.4 is 20.5 Å². The van der Waals surface area contributed by atoms with Gasteiger partial charge in [0, 0.05) is 18.3 Å². The van der Waals surface area contributed by atoms with Crippen molar-refractivity contribution < 1.29 is 18.7 Å². The van der Waals surface area contributed by atoms with Crippen LogP contribution in [0.25, 0.3) is 0 Å². The molecule has 0 aliphatic carbocycles. The molecular weight excluding hydrogens is 405 g/mol. The molecule has 2 aromatic rings. The van der Waals surface area contributed by atoms with Crippen molar-refractivity contribution in [1.82, 2.24) is 4.90 Å². The molecule has 158 valence electrons. The molecule has 9 heteroatoms. The van der Waals surface area contributed by atoms with Gasteiger partial charge in [0.25, 0.3) is 5.91 Å². The number of halogens is 2. The second-order valence-electron chi connectivity index (χ2n) is 5.70. The molecule has 0 aliphatic heterocycles. The first-order valence-corrected chi connectivity index (χ1v) is 8.73. The number of carbonyl (C=O) groups is 1. The van der Waals surface area contributed by atoms with Crippen LogP contribution in [0, 0.1) is 0 Å². The van der Waals surface area contributed by atoms with E-state index < -0.39 is 0 Å². The Bertz CT molecular complexity index is 721. The maximum Gasteiger partial charge on any atom is 0.258 e. The molecule has 1 amide bonds. The molecule has 1 heterocycles. The molecule has 3 N–H and O–H groups in total. The average Bonchev–Trinajstić information content (AvgIpc) is 3.15. The number of amides is 1. The summed E-state index contributed by atoms with van der Waals surface area (Å²) in [5, 5.41) is 2.82. The molecule has 0 atom stereocenters. The fraction of sp³-hybridized carbons (Fsp3) is 0.421. The number of nitrogens with two attached hydrogens (primary N) is 1. The van der Waals surface area contributed by atoms with Gasteiger partial charge in [0.2, 0.25) is 0 Å². The summed E-state index contributed by atoms with van der Waals surface area (Å²) in [5.74, 6) is 1.50. The number of furan rings is 1. The van der Waals surface area contributed by atoms with Crippen LogP contribution in [0.3, 0.4) is 0 Å². The lowest BCUT2D eigenvalue weighted by Gasteiger charge is -2.19. The smallest absolute Gasteiger partial charge is 0.258 e. The van der Waals surface area contributed by atoms with E-state index in [1.165, 1.54) is 6.26 Å². The standard InChI is InChI=1S/C19H27N3O4.2ClH/c1-4-22(5-2)8-9-25-18-11-15(6-7-17(18)24-3)21-19(23)14-10-16(12-20)26-13-14;;/h6-7,10-11,13H,4-5,8-9,12,20H2,1-3H3,(H,21,23);2*1H. The minimum atomic E-state index is -0.271. The van der Waals surface area contributed by atoms with E-state index in [-0.39, 0.29) is 37.3 Å². The molecule has 0 bridgehead atoms. The third-order valence-corrected chi connectivity index (χ3v) is 4.10.